The fraction of sp³-hybridized carbons (Fsp3) is 0.250. The first-order valence-electron chi connectivity index (χ1n) is 11.0. The van der Waals surface area contributed by atoms with Crippen LogP contribution >= 0.6 is 0 Å². The predicted octanol–water partition coefficient (Wildman–Crippen LogP) is 5.77. The summed E-state index contributed by atoms with van der Waals surface area (Å²) in [6, 6.07) is 22.8. The second kappa shape index (κ2) is 9.84. The van der Waals surface area contributed by atoms with Gasteiger partial charge in [0.25, 0.3) is 0 Å². The van der Waals surface area contributed by atoms with Gasteiger partial charge in [0, 0.05) is 13.0 Å². The van der Waals surface area contributed by atoms with Crippen molar-refractivity contribution in [1.82, 2.24) is 0 Å². The summed E-state index contributed by atoms with van der Waals surface area (Å²) < 4.78 is 11.2. The summed E-state index contributed by atoms with van der Waals surface area (Å²) in [5.74, 6) is -0.186. The zero-order chi connectivity index (χ0) is 22.5. The Balaban J connectivity index is 1.35. The van der Waals surface area contributed by atoms with Gasteiger partial charge in [-0.1, -0.05) is 54.6 Å². The molecule has 4 nitrogen and oxygen atoms in total. The predicted molar refractivity (Wildman–Crippen MR) is 127 cm³/mol. The highest BCUT2D eigenvalue weighted by Gasteiger charge is 2.19. The SMILES string of the molecule is CCO[C@@H](Cc1ccc(OC/C=C(\C)c2ccc3c(c2)Cc2ccccc2-3)cc1)C(=O)O. The summed E-state index contributed by atoms with van der Waals surface area (Å²) in [6.07, 6.45) is 2.59. The van der Waals surface area contributed by atoms with E-state index in [1.165, 1.54) is 33.4 Å². The molecule has 0 saturated heterocycles. The Hall–Kier alpha value is -3.37. The number of carbonyl (C=O) groups is 1. The minimum absolute atomic E-state index is 0.338. The molecule has 0 fully saturated rings. The molecule has 0 amide bonds. The van der Waals surface area contributed by atoms with Crippen molar-refractivity contribution in [2.24, 2.45) is 0 Å². The van der Waals surface area contributed by atoms with Crippen molar-refractivity contribution in [3.8, 4) is 16.9 Å². The van der Waals surface area contributed by atoms with Gasteiger partial charge in [-0.15, -0.1) is 0 Å². The highest BCUT2D eigenvalue weighted by molar-refractivity contribution is 5.79. The lowest BCUT2D eigenvalue weighted by Gasteiger charge is -2.12. The molecule has 1 N–H and O–H groups in total. The van der Waals surface area contributed by atoms with E-state index in [0.29, 0.717) is 19.6 Å². The number of ether oxygens (including phenoxy) is 2. The van der Waals surface area contributed by atoms with E-state index in [1.807, 2.05) is 24.3 Å². The maximum atomic E-state index is 11.2. The van der Waals surface area contributed by atoms with Crippen molar-refractivity contribution in [3.05, 3.63) is 95.1 Å². The van der Waals surface area contributed by atoms with Crippen molar-refractivity contribution in [1.29, 1.82) is 0 Å². The maximum absolute atomic E-state index is 11.2. The number of aliphatic carboxylic acids is 1. The van der Waals surface area contributed by atoms with Crippen LogP contribution in [0.1, 0.15) is 36.1 Å². The fourth-order valence-corrected chi connectivity index (χ4v) is 4.13. The van der Waals surface area contributed by atoms with Gasteiger partial charge in [0.1, 0.15) is 12.4 Å². The second-order valence-corrected chi connectivity index (χ2v) is 8.03. The van der Waals surface area contributed by atoms with E-state index in [9.17, 15) is 9.90 Å². The molecule has 0 radical (unpaired) electrons. The van der Waals surface area contributed by atoms with Crippen molar-refractivity contribution < 1.29 is 19.4 Å². The monoisotopic (exact) mass is 428 g/mol. The van der Waals surface area contributed by atoms with E-state index in [-0.39, 0.29) is 0 Å². The number of carboxylic acids is 1. The first kappa shape index (κ1) is 21.8. The molecule has 0 aromatic heterocycles. The Morgan fingerprint density at radius 2 is 1.78 bits per heavy atom. The lowest BCUT2D eigenvalue weighted by Crippen LogP contribution is -2.26. The first-order chi connectivity index (χ1) is 15.5. The molecule has 4 heteroatoms. The third-order valence-corrected chi connectivity index (χ3v) is 5.88. The molecule has 1 aliphatic rings. The lowest BCUT2D eigenvalue weighted by atomic mass is 10.00. The molecule has 0 heterocycles. The van der Waals surface area contributed by atoms with Gasteiger partial charge in [0.15, 0.2) is 6.10 Å². The van der Waals surface area contributed by atoms with Crippen LogP contribution in [0.5, 0.6) is 5.75 Å². The highest BCUT2D eigenvalue weighted by atomic mass is 16.5. The van der Waals surface area contributed by atoms with E-state index in [0.717, 1.165) is 17.7 Å². The Labute approximate surface area is 189 Å². The van der Waals surface area contributed by atoms with Crippen LogP contribution in [0.15, 0.2) is 72.8 Å². The summed E-state index contributed by atoms with van der Waals surface area (Å²) in [5, 5.41) is 9.22. The Morgan fingerprint density at radius 1 is 1.03 bits per heavy atom. The smallest absolute Gasteiger partial charge is 0.333 e. The van der Waals surface area contributed by atoms with Gasteiger partial charge < -0.3 is 14.6 Å². The van der Waals surface area contributed by atoms with Crippen LogP contribution in [0.25, 0.3) is 16.7 Å². The first-order valence-corrected chi connectivity index (χ1v) is 11.0. The molecule has 0 saturated carbocycles. The third kappa shape index (κ3) is 4.92. The van der Waals surface area contributed by atoms with E-state index in [2.05, 4.69) is 55.5 Å². The molecule has 0 aliphatic heterocycles. The van der Waals surface area contributed by atoms with Gasteiger partial charge in [-0.25, -0.2) is 4.79 Å². The van der Waals surface area contributed by atoms with Gasteiger partial charge >= 0.3 is 5.97 Å². The molecule has 1 aliphatic carbocycles. The zero-order valence-corrected chi connectivity index (χ0v) is 18.5. The summed E-state index contributed by atoms with van der Waals surface area (Å²) in [5.41, 5.74) is 8.75. The minimum Gasteiger partial charge on any atom is -0.490 e. The van der Waals surface area contributed by atoms with Gasteiger partial charge in [-0.3, -0.25) is 0 Å². The van der Waals surface area contributed by atoms with Crippen LogP contribution in [0.3, 0.4) is 0 Å². The summed E-state index contributed by atoms with van der Waals surface area (Å²) >= 11 is 0. The van der Waals surface area contributed by atoms with Crippen LogP contribution in [-0.4, -0.2) is 30.4 Å². The van der Waals surface area contributed by atoms with Crippen LogP contribution in [0.2, 0.25) is 0 Å². The second-order valence-electron chi connectivity index (χ2n) is 8.03. The van der Waals surface area contributed by atoms with Gasteiger partial charge in [0.2, 0.25) is 0 Å². The minimum atomic E-state index is -0.941. The number of fused-ring (bicyclic) bond motifs is 3. The topological polar surface area (TPSA) is 55.8 Å². The van der Waals surface area contributed by atoms with Gasteiger partial charge in [-0.2, -0.15) is 0 Å². The average molecular weight is 429 g/mol. The maximum Gasteiger partial charge on any atom is 0.333 e. The molecule has 3 aromatic rings. The number of hydrogen-bond donors (Lipinski definition) is 1. The van der Waals surface area contributed by atoms with Crippen molar-refractivity contribution in [2.75, 3.05) is 13.2 Å². The summed E-state index contributed by atoms with van der Waals surface area (Å²) in [4.78, 5) is 11.2. The molecule has 3 aromatic carbocycles. The Morgan fingerprint density at radius 3 is 2.53 bits per heavy atom. The molecule has 0 spiro atoms. The summed E-state index contributed by atoms with van der Waals surface area (Å²) in [6.45, 7) is 4.75. The standard InChI is InChI=1S/C28H28O4/c1-3-31-27(28(29)30)16-20-8-11-24(12-9-20)32-15-14-19(2)21-10-13-26-23(17-21)18-22-6-4-5-7-25(22)26/h4-14,17,27H,3,15-16,18H2,1-2H3,(H,29,30)/b19-14+/t27-/m0/s1. The normalized spacial score (nSPS) is 13.4. The molecular weight excluding hydrogens is 400 g/mol. The average Bonchev–Trinajstić information content (AvgIpc) is 3.17. The molecule has 32 heavy (non-hydrogen) atoms. The quantitative estimate of drug-likeness (QED) is 0.368. The van der Waals surface area contributed by atoms with Crippen LogP contribution in [0.4, 0.5) is 0 Å². The molecule has 0 unspecified atom stereocenters. The fourth-order valence-electron chi connectivity index (χ4n) is 4.13. The molecule has 1 atom stereocenters. The van der Waals surface area contributed by atoms with E-state index >= 15 is 0 Å². The number of allylic oxidation sites excluding steroid dienone is 1. The van der Waals surface area contributed by atoms with E-state index in [1.54, 1.807) is 6.92 Å². The summed E-state index contributed by atoms with van der Waals surface area (Å²) in [7, 11) is 0. The highest BCUT2D eigenvalue weighted by Crippen LogP contribution is 2.37. The van der Waals surface area contributed by atoms with Crippen molar-refractivity contribution in [3.63, 3.8) is 0 Å². The largest absolute Gasteiger partial charge is 0.490 e. The van der Waals surface area contributed by atoms with Crippen molar-refractivity contribution in [2.45, 2.75) is 32.8 Å². The third-order valence-electron chi connectivity index (χ3n) is 5.88. The molecular formula is C28H28O4. The molecule has 4 rings (SSSR count). The number of hydrogen-bond acceptors (Lipinski definition) is 3. The Kier molecular flexibility index (Phi) is 6.72. The van der Waals surface area contributed by atoms with E-state index < -0.39 is 12.1 Å². The Bertz CT molecular complexity index is 1130. The van der Waals surface area contributed by atoms with Crippen LogP contribution < -0.4 is 4.74 Å². The molecule has 0 bridgehead atoms. The van der Waals surface area contributed by atoms with Crippen molar-refractivity contribution >= 4 is 11.5 Å². The van der Waals surface area contributed by atoms with Gasteiger partial charge in [-0.05, 0) is 77.4 Å². The number of carboxylic acid groups (broad SMARTS) is 1. The van der Waals surface area contributed by atoms with Crippen LogP contribution in [0, 0.1) is 0 Å². The lowest BCUT2D eigenvalue weighted by molar-refractivity contribution is -0.149. The zero-order valence-electron chi connectivity index (χ0n) is 18.5. The van der Waals surface area contributed by atoms with E-state index in [4.69, 9.17) is 9.47 Å². The molecule has 164 valence electrons. The number of rotatable bonds is 9. The number of benzene rings is 3. The van der Waals surface area contributed by atoms with Crippen LogP contribution in [-0.2, 0) is 22.4 Å². The van der Waals surface area contributed by atoms with Gasteiger partial charge in [0.05, 0.1) is 0 Å².